The molecule has 3 aromatic carbocycles. The molecule has 1 nitrogen and oxygen atoms in total. The van der Waals surface area contributed by atoms with E-state index in [1.807, 2.05) is 67.6 Å². The monoisotopic (exact) mass is 260 g/mol. The Kier molecular flexibility index (Phi) is 3.26. The Labute approximate surface area is 119 Å². The highest BCUT2D eigenvalue weighted by molar-refractivity contribution is 5.79. The van der Waals surface area contributed by atoms with Crippen LogP contribution in [0.2, 0.25) is 0 Å². The normalized spacial score (nSPS) is 10.4. The first-order valence-corrected chi connectivity index (χ1v) is 6.70. The fourth-order valence-electron chi connectivity index (χ4n) is 2.41. The Morgan fingerprint density at radius 2 is 1.20 bits per heavy atom. The average Bonchev–Trinajstić information content (AvgIpc) is 2.51. The molecule has 3 rings (SSSR count). The Balaban J connectivity index is 2.19. The summed E-state index contributed by atoms with van der Waals surface area (Å²) in [6.07, 6.45) is 0. The highest BCUT2D eigenvalue weighted by Gasteiger charge is 2.09. The van der Waals surface area contributed by atoms with Gasteiger partial charge >= 0.3 is 0 Å². The van der Waals surface area contributed by atoms with Crippen molar-refractivity contribution in [2.45, 2.75) is 6.92 Å². The van der Waals surface area contributed by atoms with Crippen molar-refractivity contribution < 1.29 is 5.11 Å². The van der Waals surface area contributed by atoms with E-state index in [1.54, 1.807) is 0 Å². The molecule has 1 heteroatoms. The van der Waals surface area contributed by atoms with Gasteiger partial charge in [0.2, 0.25) is 0 Å². The van der Waals surface area contributed by atoms with Gasteiger partial charge in [0, 0.05) is 5.56 Å². The number of phenolic OH excluding ortho intramolecular Hbond substituents is 1. The van der Waals surface area contributed by atoms with Gasteiger partial charge in [-0.1, -0.05) is 60.7 Å². The Morgan fingerprint density at radius 1 is 0.650 bits per heavy atom. The van der Waals surface area contributed by atoms with Crippen LogP contribution in [0.15, 0.2) is 72.8 Å². The minimum absolute atomic E-state index is 0.357. The highest BCUT2D eigenvalue weighted by atomic mass is 16.3. The van der Waals surface area contributed by atoms with Crippen LogP contribution in [0, 0.1) is 6.92 Å². The fourth-order valence-corrected chi connectivity index (χ4v) is 2.41. The van der Waals surface area contributed by atoms with Crippen LogP contribution in [-0.4, -0.2) is 5.11 Å². The summed E-state index contributed by atoms with van der Waals surface area (Å²) >= 11 is 0. The molecule has 0 saturated carbocycles. The zero-order chi connectivity index (χ0) is 13.9. The molecule has 0 aliphatic carbocycles. The molecule has 0 atom stereocenters. The number of aryl methyl sites for hydroxylation is 1. The van der Waals surface area contributed by atoms with Gasteiger partial charge in [-0.25, -0.2) is 0 Å². The SMILES string of the molecule is Cc1cc(-c2ccccc2)cc(-c2ccccc2)c1O. The largest absolute Gasteiger partial charge is 0.507 e. The molecule has 0 fully saturated rings. The van der Waals surface area contributed by atoms with Crippen LogP contribution in [0.5, 0.6) is 5.75 Å². The summed E-state index contributed by atoms with van der Waals surface area (Å²) < 4.78 is 0. The first-order chi connectivity index (χ1) is 9.75. The standard InChI is InChI=1S/C19H16O/c1-14-12-17(15-8-4-2-5-9-15)13-18(19(14)20)16-10-6-3-7-11-16/h2-13,20H,1H3. The summed E-state index contributed by atoms with van der Waals surface area (Å²) in [5, 5.41) is 10.3. The van der Waals surface area contributed by atoms with Gasteiger partial charge in [-0.3, -0.25) is 0 Å². The molecule has 98 valence electrons. The molecule has 0 amide bonds. The lowest BCUT2D eigenvalue weighted by Gasteiger charge is -2.11. The number of rotatable bonds is 2. The van der Waals surface area contributed by atoms with E-state index in [1.165, 1.54) is 0 Å². The van der Waals surface area contributed by atoms with Crippen molar-refractivity contribution in [3.63, 3.8) is 0 Å². The predicted octanol–water partition coefficient (Wildman–Crippen LogP) is 5.03. The van der Waals surface area contributed by atoms with Gasteiger partial charge in [0.1, 0.15) is 5.75 Å². The van der Waals surface area contributed by atoms with Crippen LogP contribution in [0.1, 0.15) is 5.56 Å². The summed E-state index contributed by atoms with van der Waals surface area (Å²) in [5.41, 5.74) is 5.09. The van der Waals surface area contributed by atoms with Gasteiger partial charge in [-0.2, -0.15) is 0 Å². The van der Waals surface area contributed by atoms with Crippen LogP contribution in [0.25, 0.3) is 22.3 Å². The molecule has 1 N–H and O–H groups in total. The summed E-state index contributed by atoms with van der Waals surface area (Å²) in [7, 11) is 0. The predicted molar refractivity (Wildman–Crippen MR) is 83.7 cm³/mol. The molecule has 0 aliphatic heterocycles. The van der Waals surface area contributed by atoms with Crippen molar-refractivity contribution in [1.29, 1.82) is 0 Å². The van der Waals surface area contributed by atoms with Gasteiger partial charge < -0.3 is 5.11 Å². The van der Waals surface area contributed by atoms with Crippen LogP contribution in [0.4, 0.5) is 0 Å². The summed E-state index contributed by atoms with van der Waals surface area (Å²) in [6.45, 7) is 1.94. The molecule has 0 saturated heterocycles. The molecule has 0 spiro atoms. The van der Waals surface area contributed by atoms with E-state index in [0.717, 1.165) is 27.8 Å². The minimum Gasteiger partial charge on any atom is -0.507 e. The minimum atomic E-state index is 0.357. The lowest BCUT2D eigenvalue weighted by molar-refractivity contribution is 0.473. The van der Waals surface area contributed by atoms with Crippen LogP contribution in [-0.2, 0) is 0 Å². The first kappa shape index (κ1) is 12.5. The average molecular weight is 260 g/mol. The molecular weight excluding hydrogens is 244 g/mol. The number of benzene rings is 3. The molecule has 0 aromatic heterocycles. The maximum absolute atomic E-state index is 10.3. The Bertz CT molecular complexity index is 716. The van der Waals surface area contributed by atoms with Gasteiger partial charge in [0.25, 0.3) is 0 Å². The summed E-state index contributed by atoms with van der Waals surface area (Å²) in [4.78, 5) is 0. The van der Waals surface area contributed by atoms with Gasteiger partial charge in [-0.15, -0.1) is 0 Å². The number of phenols is 1. The maximum Gasteiger partial charge on any atom is 0.126 e. The zero-order valence-electron chi connectivity index (χ0n) is 11.4. The first-order valence-electron chi connectivity index (χ1n) is 6.70. The number of hydrogen-bond donors (Lipinski definition) is 1. The second kappa shape index (κ2) is 5.22. The van der Waals surface area contributed by atoms with Crippen molar-refractivity contribution >= 4 is 0 Å². The maximum atomic E-state index is 10.3. The van der Waals surface area contributed by atoms with E-state index in [-0.39, 0.29) is 0 Å². The molecule has 0 radical (unpaired) electrons. The third-order valence-corrected chi connectivity index (χ3v) is 3.49. The van der Waals surface area contributed by atoms with Crippen molar-refractivity contribution in [3.05, 3.63) is 78.4 Å². The third-order valence-electron chi connectivity index (χ3n) is 3.49. The molecule has 0 bridgehead atoms. The van der Waals surface area contributed by atoms with E-state index in [4.69, 9.17) is 0 Å². The smallest absolute Gasteiger partial charge is 0.126 e. The van der Waals surface area contributed by atoms with Crippen LogP contribution in [0.3, 0.4) is 0 Å². The van der Waals surface area contributed by atoms with E-state index >= 15 is 0 Å². The highest BCUT2D eigenvalue weighted by Crippen LogP contribution is 2.36. The molecular formula is C19H16O. The number of hydrogen-bond acceptors (Lipinski definition) is 1. The summed E-state index contributed by atoms with van der Waals surface area (Å²) in [6, 6.07) is 24.3. The van der Waals surface area contributed by atoms with E-state index < -0.39 is 0 Å². The molecule has 0 unspecified atom stereocenters. The third kappa shape index (κ3) is 2.30. The molecule has 20 heavy (non-hydrogen) atoms. The van der Waals surface area contributed by atoms with Crippen molar-refractivity contribution in [2.24, 2.45) is 0 Å². The Hall–Kier alpha value is -2.54. The topological polar surface area (TPSA) is 20.2 Å². The van der Waals surface area contributed by atoms with Crippen molar-refractivity contribution in [1.82, 2.24) is 0 Å². The number of aromatic hydroxyl groups is 1. The summed E-state index contributed by atoms with van der Waals surface area (Å²) in [5.74, 6) is 0.357. The van der Waals surface area contributed by atoms with Crippen molar-refractivity contribution in [2.75, 3.05) is 0 Å². The van der Waals surface area contributed by atoms with E-state index in [0.29, 0.717) is 5.75 Å². The lowest BCUT2D eigenvalue weighted by atomic mass is 9.95. The molecule has 0 heterocycles. The zero-order valence-corrected chi connectivity index (χ0v) is 11.4. The quantitative estimate of drug-likeness (QED) is 0.684. The van der Waals surface area contributed by atoms with Gasteiger partial charge in [0.05, 0.1) is 0 Å². The lowest BCUT2D eigenvalue weighted by Crippen LogP contribution is -1.86. The van der Waals surface area contributed by atoms with Crippen LogP contribution < -0.4 is 0 Å². The fraction of sp³-hybridized carbons (Fsp3) is 0.0526. The van der Waals surface area contributed by atoms with Crippen LogP contribution >= 0.6 is 0 Å². The second-order valence-corrected chi connectivity index (χ2v) is 4.92. The second-order valence-electron chi connectivity index (χ2n) is 4.92. The Morgan fingerprint density at radius 3 is 1.80 bits per heavy atom. The van der Waals surface area contributed by atoms with Gasteiger partial charge in [0.15, 0.2) is 0 Å². The van der Waals surface area contributed by atoms with Gasteiger partial charge in [-0.05, 0) is 41.3 Å². The molecule has 0 aliphatic rings. The molecule has 3 aromatic rings. The van der Waals surface area contributed by atoms with E-state index in [2.05, 4.69) is 12.1 Å². The van der Waals surface area contributed by atoms with Crippen molar-refractivity contribution in [3.8, 4) is 28.0 Å². The van der Waals surface area contributed by atoms with E-state index in [9.17, 15) is 5.11 Å².